The fourth-order valence-electron chi connectivity index (χ4n) is 2.89. The maximum absolute atomic E-state index is 12.5. The number of ether oxygens (including phenoxy) is 1. The first-order chi connectivity index (χ1) is 11.6. The van der Waals surface area contributed by atoms with Gasteiger partial charge in [-0.05, 0) is 55.5 Å². The van der Waals surface area contributed by atoms with Crippen LogP contribution in [0.25, 0.3) is 0 Å². The molecule has 1 heterocycles. The van der Waals surface area contributed by atoms with E-state index in [0.717, 1.165) is 12.8 Å². The quantitative estimate of drug-likeness (QED) is 0.822. The summed E-state index contributed by atoms with van der Waals surface area (Å²) in [5.41, 5.74) is 1.87. The second-order valence-corrected chi connectivity index (χ2v) is 6.93. The number of rotatable bonds is 4. The van der Waals surface area contributed by atoms with E-state index in [0.29, 0.717) is 16.3 Å². The Labute approximate surface area is 144 Å². The van der Waals surface area contributed by atoms with Crippen molar-refractivity contribution in [1.29, 1.82) is 0 Å². The summed E-state index contributed by atoms with van der Waals surface area (Å²) in [6.07, 6.45) is 5.68. The maximum Gasteiger partial charge on any atom is 0.335 e. The van der Waals surface area contributed by atoms with Gasteiger partial charge in [-0.15, -0.1) is 11.3 Å². The monoisotopic (exact) mass is 345 g/mol. The van der Waals surface area contributed by atoms with Gasteiger partial charge in [0.25, 0.3) is 5.91 Å². The Bertz CT molecular complexity index is 758. The summed E-state index contributed by atoms with van der Waals surface area (Å²) in [5.74, 6) is -0.885. The first-order valence-corrected chi connectivity index (χ1v) is 8.74. The highest BCUT2D eigenvalue weighted by atomic mass is 32.1. The highest BCUT2D eigenvalue weighted by Crippen LogP contribution is 2.31. The fourth-order valence-corrected chi connectivity index (χ4v) is 4.04. The molecule has 0 atom stereocenters. The van der Waals surface area contributed by atoms with Crippen molar-refractivity contribution in [2.45, 2.75) is 32.1 Å². The zero-order valence-electron chi connectivity index (χ0n) is 13.4. The molecular formula is C18H19NO4S. The number of aryl methyl sites for hydroxylation is 2. The average Bonchev–Trinajstić information content (AvgIpc) is 2.86. The number of thiophene rings is 1. The third-order valence-electron chi connectivity index (χ3n) is 4.17. The molecule has 1 aliphatic carbocycles. The van der Waals surface area contributed by atoms with E-state index in [4.69, 9.17) is 9.84 Å². The molecule has 1 aromatic carbocycles. The molecule has 0 saturated carbocycles. The number of anilines is 1. The van der Waals surface area contributed by atoms with Gasteiger partial charge in [-0.2, -0.15) is 0 Å². The first-order valence-electron chi connectivity index (χ1n) is 7.92. The number of carbonyl (C=O) groups is 2. The van der Waals surface area contributed by atoms with Crippen LogP contribution >= 0.6 is 11.3 Å². The number of hydrogen-bond acceptors (Lipinski definition) is 4. The Morgan fingerprint density at radius 2 is 1.96 bits per heavy atom. The Balaban J connectivity index is 1.81. The van der Waals surface area contributed by atoms with Crippen molar-refractivity contribution in [2.75, 3.05) is 12.4 Å². The zero-order chi connectivity index (χ0) is 17.1. The van der Waals surface area contributed by atoms with Crippen LogP contribution in [0.3, 0.4) is 0 Å². The van der Waals surface area contributed by atoms with Gasteiger partial charge in [-0.3, -0.25) is 4.79 Å². The molecule has 0 unspecified atom stereocenters. The molecule has 0 fully saturated rings. The van der Waals surface area contributed by atoms with E-state index in [2.05, 4.69) is 5.32 Å². The van der Waals surface area contributed by atoms with Crippen LogP contribution in [0.2, 0.25) is 0 Å². The molecule has 1 amide bonds. The highest BCUT2D eigenvalue weighted by molar-refractivity contribution is 7.14. The second-order valence-electron chi connectivity index (χ2n) is 5.79. The van der Waals surface area contributed by atoms with E-state index in [1.807, 2.05) is 6.07 Å². The molecule has 0 radical (unpaired) electrons. The van der Waals surface area contributed by atoms with Crippen molar-refractivity contribution < 1.29 is 19.4 Å². The van der Waals surface area contributed by atoms with E-state index in [9.17, 15) is 9.59 Å². The normalized spacial score (nSPS) is 13.7. The third kappa shape index (κ3) is 3.43. The number of carboxylic acid groups (broad SMARTS) is 1. The summed E-state index contributed by atoms with van der Waals surface area (Å²) in [7, 11) is 1.45. The predicted molar refractivity (Wildman–Crippen MR) is 93.5 cm³/mol. The number of hydrogen-bond donors (Lipinski definition) is 2. The lowest BCUT2D eigenvalue weighted by atomic mass is 10.1. The smallest absolute Gasteiger partial charge is 0.335 e. The third-order valence-corrected chi connectivity index (χ3v) is 5.40. The molecule has 126 valence electrons. The van der Waals surface area contributed by atoms with Crippen LogP contribution in [-0.2, 0) is 12.8 Å². The van der Waals surface area contributed by atoms with Crippen molar-refractivity contribution in [3.63, 3.8) is 0 Å². The van der Waals surface area contributed by atoms with Crippen LogP contribution in [0, 0.1) is 0 Å². The standard InChI is InChI=1S/C18H19NO4S/c1-23-14-9-12(18(21)22)7-8-13(14)19-17(20)16-10-11-5-3-2-4-6-15(11)24-16/h7-10H,2-6H2,1H3,(H,19,20)(H,21,22). The van der Waals surface area contributed by atoms with E-state index >= 15 is 0 Å². The van der Waals surface area contributed by atoms with Gasteiger partial charge in [0.1, 0.15) is 5.75 Å². The average molecular weight is 345 g/mol. The summed E-state index contributed by atoms with van der Waals surface area (Å²) in [6, 6.07) is 6.39. The predicted octanol–water partition coefficient (Wildman–Crippen LogP) is 3.98. The molecule has 0 aliphatic heterocycles. The minimum Gasteiger partial charge on any atom is -0.495 e. The number of carbonyl (C=O) groups excluding carboxylic acids is 1. The molecule has 6 heteroatoms. The van der Waals surface area contributed by atoms with Crippen molar-refractivity contribution in [3.8, 4) is 5.75 Å². The summed E-state index contributed by atoms with van der Waals surface area (Å²) in [4.78, 5) is 25.6. The minimum absolute atomic E-state index is 0.118. The van der Waals surface area contributed by atoms with Crippen LogP contribution in [0.5, 0.6) is 5.75 Å². The number of nitrogens with one attached hydrogen (secondary N) is 1. The molecule has 2 N–H and O–H groups in total. The number of aromatic carboxylic acids is 1. The Morgan fingerprint density at radius 3 is 2.71 bits per heavy atom. The maximum atomic E-state index is 12.5. The van der Waals surface area contributed by atoms with Crippen molar-refractivity contribution in [3.05, 3.63) is 45.1 Å². The van der Waals surface area contributed by atoms with E-state index in [-0.39, 0.29) is 11.5 Å². The highest BCUT2D eigenvalue weighted by Gasteiger charge is 2.18. The molecule has 24 heavy (non-hydrogen) atoms. The van der Waals surface area contributed by atoms with Gasteiger partial charge in [0.2, 0.25) is 0 Å². The van der Waals surface area contributed by atoms with Crippen LogP contribution < -0.4 is 10.1 Å². The lowest BCUT2D eigenvalue weighted by molar-refractivity contribution is 0.0696. The molecule has 2 aromatic rings. The number of methoxy groups -OCH3 is 1. The van der Waals surface area contributed by atoms with Crippen molar-refractivity contribution in [2.24, 2.45) is 0 Å². The molecule has 5 nitrogen and oxygen atoms in total. The molecule has 0 saturated heterocycles. The summed E-state index contributed by atoms with van der Waals surface area (Å²) < 4.78 is 5.20. The van der Waals surface area contributed by atoms with Crippen molar-refractivity contribution in [1.82, 2.24) is 0 Å². The number of carboxylic acids is 1. The van der Waals surface area contributed by atoms with E-state index in [1.54, 1.807) is 17.4 Å². The molecular weight excluding hydrogens is 326 g/mol. The van der Waals surface area contributed by atoms with Crippen molar-refractivity contribution >= 4 is 28.9 Å². The summed E-state index contributed by atoms with van der Waals surface area (Å²) in [6.45, 7) is 0. The number of fused-ring (bicyclic) bond motifs is 1. The van der Waals surface area contributed by atoms with Crippen LogP contribution in [0.1, 0.15) is 49.7 Å². The van der Waals surface area contributed by atoms with Gasteiger partial charge in [0.15, 0.2) is 0 Å². The molecule has 0 bridgehead atoms. The zero-order valence-corrected chi connectivity index (χ0v) is 14.2. The Hall–Kier alpha value is -2.34. The van der Waals surface area contributed by atoms with Gasteiger partial charge in [-0.1, -0.05) is 6.42 Å². The van der Waals surface area contributed by atoms with Gasteiger partial charge in [-0.25, -0.2) is 4.79 Å². The fraction of sp³-hybridized carbons (Fsp3) is 0.333. The van der Waals surface area contributed by atoms with Gasteiger partial charge >= 0.3 is 5.97 Å². The molecule has 3 rings (SSSR count). The van der Waals surface area contributed by atoms with Crippen LogP contribution in [0.15, 0.2) is 24.3 Å². The number of amides is 1. The molecule has 0 spiro atoms. The van der Waals surface area contributed by atoms with Crippen LogP contribution in [-0.4, -0.2) is 24.1 Å². The number of benzene rings is 1. The minimum atomic E-state index is -1.03. The van der Waals surface area contributed by atoms with E-state index in [1.165, 1.54) is 48.9 Å². The lowest BCUT2D eigenvalue weighted by Gasteiger charge is -2.10. The van der Waals surface area contributed by atoms with Crippen LogP contribution in [0.4, 0.5) is 5.69 Å². The molecule has 1 aromatic heterocycles. The Morgan fingerprint density at radius 1 is 1.17 bits per heavy atom. The topological polar surface area (TPSA) is 75.6 Å². The van der Waals surface area contributed by atoms with Gasteiger partial charge < -0.3 is 15.2 Å². The van der Waals surface area contributed by atoms with Gasteiger partial charge in [0, 0.05) is 4.88 Å². The largest absolute Gasteiger partial charge is 0.495 e. The first kappa shape index (κ1) is 16.5. The lowest BCUT2D eigenvalue weighted by Crippen LogP contribution is -2.11. The second kappa shape index (κ2) is 7.05. The SMILES string of the molecule is COc1cc(C(=O)O)ccc1NC(=O)c1cc2c(s1)CCCCC2. The summed E-state index contributed by atoms with van der Waals surface area (Å²) in [5, 5.41) is 11.9. The Kier molecular flexibility index (Phi) is 4.85. The molecule has 1 aliphatic rings. The summed E-state index contributed by atoms with van der Waals surface area (Å²) >= 11 is 1.55. The van der Waals surface area contributed by atoms with Gasteiger partial charge in [0.05, 0.1) is 23.2 Å². The van der Waals surface area contributed by atoms with E-state index < -0.39 is 5.97 Å².